The van der Waals surface area contributed by atoms with Gasteiger partial charge in [-0.3, -0.25) is 4.79 Å². The summed E-state index contributed by atoms with van der Waals surface area (Å²) in [6.45, 7) is 3.84. The first-order valence-electron chi connectivity index (χ1n) is 7.07. The van der Waals surface area contributed by atoms with Gasteiger partial charge in [0.05, 0.1) is 20.1 Å². The zero-order valence-electron chi connectivity index (χ0n) is 13.1. The second-order valence-corrected chi connectivity index (χ2v) is 6.32. The van der Waals surface area contributed by atoms with E-state index in [1.165, 1.54) is 11.3 Å². The molecular formula is C17H21NO3S. The number of thiophene rings is 1. The maximum absolute atomic E-state index is 12.1. The molecule has 1 heterocycles. The van der Waals surface area contributed by atoms with Gasteiger partial charge in [0, 0.05) is 0 Å². The number of methoxy groups -OCH3 is 1. The Morgan fingerprint density at radius 1 is 1.41 bits per heavy atom. The molecule has 1 amide bonds. The number of rotatable bonds is 6. The minimum Gasteiger partial charge on any atom is -0.496 e. The van der Waals surface area contributed by atoms with Crippen molar-refractivity contribution >= 4 is 17.2 Å². The Hall–Kier alpha value is -1.85. The number of hydrogen-bond acceptors (Lipinski definition) is 4. The number of ether oxygens (including phenoxy) is 1. The summed E-state index contributed by atoms with van der Waals surface area (Å²) in [4.78, 5) is 12.1. The van der Waals surface area contributed by atoms with Crippen LogP contribution in [-0.4, -0.2) is 24.7 Å². The van der Waals surface area contributed by atoms with Crippen LogP contribution in [-0.2, 0) is 16.8 Å². The highest BCUT2D eigenvalue weighted by atomic mass is 32.1. The lowest BCUT2D eigenvalue weighted by Gasteiger charge is -2.22. The molecule has 4 nitrogen and oxygen atoms in total. The summed E-state index contributed by atoms with van der Waals surface area (Å²) in [6, 6.07) is 7.57. The molecule has 118 valence electrons. The van der Waals surface area contributed by atoms with Crippen LogP contribution in [0.4, 0.5) is 0 Å². The van der Waals surface area contributed by atoms with Crippen molar-refractivity contribution in [3.05, 3.63) is 51.7 Å². The van der Waals surface area contributed by atoms with Crippen LogP contribution in [0, 0.1) is 6.92 Å². The molecule has 2 aromatic rings. The van der Waals surface area contributed by atoms with E-state index < -0.39 is 5.60 Å². The zero-order chi connectivity index (χ0) is 16.2. The van der Waals surface area contributed by atoms with Gasteiger partial charge in [-0.05, 0) is 53.4 Å². The van der Waals surface area contributed by atoms with Gasteiger partial charge in [-0.2, -0.15) is 11.3 Å². The molecule has 0 saturated carbocycles. The second kappa shape index (κ2) is 6.94. The lowest BCUT2D eigenvalue weighted by Crippen LogP contribution is -2.39. The minimum absolute atomic E-state index is 0.124. The average Bonchev–Trinajstić information content (AvgIpc) is 3.02. The van der Waals surface area contributed by atoms with E-state index in [-0.39, 0.29) is 18.9 Å². The van der Waals surface area contributed by atoms with Crippen molar-refractivity contribution in [1.29, 1.82) is 0 Å². The topological polar surface area (TPSA) is 58.6 Å². The fourth-order valence-corrected chi connectivity index (χ4v) is 2.95. The third kappa shape index (κ3) is 4.08. The predicted molar refractivity (Wildman–Crippen MR) is 88.3 cm³/mol. The SMILES string of the molecule is COc1cc(CC(=O)NCC(C)(O)c2ccsc2)ccc1C. The predicted octanol–water partition coefficient (Wildman–Crippen LogP) is 2.63. The van der Waals surface area contributed by atoms with Crippen LogP contribution in [0.3, 0.4) is 0 Å². The highest BCUT2D eigenvalue weighted by Crippen LogP contribution is 2.22. The van der Waals surface area contributed by atoms with Gasteiger partial charge < -0.3 is 15.2 Å². The second-order valence-electron chi connectivity index (χ2n) is 5.54. The Bertz CT molecular complexity index is 635. The Kier molecular flexibility index (Phi) is 5.21. The number of carbonyl (C=O) groups excluding carboxylic acids is 1. The fourth-order valence-electron chi connectivity index (χ4n) is 2.17. The van der Waals surface area contributed by atoms with Gasteiger partial charge in [-0.25, -0.2) is 0 Å². The van der Waals surface area contributed by atoms with Gasteiger partial charge in [-0.1, -0.05) is 12.1 Å². The third-order valence-electron chi connectivity index (χ3n) is 3.61. The number of aliphatic hydroxyl groups is 1. The molecule has 0 radical (unpaired) electrons. The molecule has 0 spiro atoms. The van der Waals surface area contributed by atoms with Crippen molar-refractivity contribution < 1.29 is 14.6 Å². The Labute approximate surface area is 134 Å². The first kappa shape index (κ1) is 16.5. The van der Waals surface area contributed by atoms with E-state index in [4.69, 9.17) is 4.74 Å². The fraction of sp³-hybridized carbons (Fsp3) is 0.353. The summed E-state index contributed by atoms with van der Waals surface area (Å²) >= 11 is 1.52. The summed E-state index contributed by atoms with van der Waals surface area (Å²) in [5.41, 5.74) is 1.68. The molecule has 2 rings (SSSR count). The number of hydrogen-bond donors (Lipinski definition) is 2. The zero-order valence-corrected chi connectivity index (χ0v) is 13.9. The lowest BCUT2D eigenvalue weighted by atomic mass is 9.99. The van der Waals surface area contributed by atoms with Crippen LogP contribution >= 0.6 is 11.3 Å². The van der Waals surface area contributed by atoms with E-state index >= 15 is 0 Å². The monoisotopic (exact) mass is 319 g/mol. The average molecular weight is 319 g/mol. The molecular weight excluding hydrogens is 298 g/mol. The molecule has 1 unspecified atom stereocenters. The minimum atomic E-state index is -1.05. The first-order valence-corrected chi connectivity index (χ1v) is 8.02. The van der Waals surface area contributed by atoms with Gasteiger partial charge in [0.2, 0.25) is 5.91 Å². The van der Waals surface area contributed by atoms with E-state index in [9.17, 15) is 9.90 Å². The first-order chi connectivity index (χ1) is 10.4. The van der Waals surface area contributed by atoms with Gasteiger partial charge >= 0.3 is 0 Å². The molecule has 0 aliphatic heterocycles. The Morgan fingerprint density at radius 2 is 2.18 bits per heavy atom. The van der Waals surface area contributed by atoms with Crippen LogP contribution in [0.5, 0.6) is 5.75 Å². The van der Waals surface area contributed by atoms with E-state index in [0.717, 1.165) is 22.4 Å². The number of carbonyl (C=O) groups is 1. The normalized spacial score (nSPS) is 13.5. The number of aryl methyl sites for hydroxylation is 1. The standard InChI is InChI=1S/C17H21NO3S/c1-12-4-5-13(8-15(12)21-3)9-16(19)18-11-17(2,20)14-6-7-22-10-14/h4-8,10,20H,9,11H2,1-3H3,(H,18,19). The quantitative estimate of drug-likeness (QED) is 0.860. The van der Waals surface area contributed by atoms with E-state index in [1.54, 1.807) is 14.0 Å². The molecule has 5 heteroatoms. The molecule has 0 fully saturated rings. The van der Waals surface area contributed by atoms with Gasteiger partial charge in [0.15, 0.2) is 0 Å². The molecule has 1 aromatic heterocycles. The highest BCUT2D eigenvalue weighted by Gasteiger charge is 2.24. The van der Waals surface area contributed by atoms with Gasteiger partial charge in [0.25, 0.3) is 0 Å². The molecule has 2 N–H and O–H groups in total. The maximum atomic E-state index is 12.1. The van der Waals surface area contributed by atoms with Crippen LogP contribution in [0.25, 0.3) is 0 Å². The van der Waals surface area contributed by atoms with E-state index in [0.29, 0.717) is 0 Å². The largest absolute Gasteiger partial charge is 0.496 e. The summed E-state index contributed by atoms with van der Waals surface area (Å²) in [6.07, 6.45) is 0.260. The van der Waals surface area contributed by atoms with Crippen molar-refractivity contribution in [3.63, 3.8) is 0 Å². The third-order valence-corrected chi connectivity index (χ3v) is 4.29. The van der Waals surface area contributed by atoms with Crippen molar-refractivity contribution in [2.75, 3.05) is 13.7 Å². The van der Waals surface area contributed by atoms with Crippen LogP contribution in [0.2, 0.25) is 0 Å². The van der Waals surface area contributed by atoms with Crippen molar-refractivity contribution in [2.45, 2.75) is 25.9 Å². The molecule has 0 aliphatic carbocycles. The van der Waals surface area contributed by atoms with Gasteiger partial charge in [-0.15, -0.1) is 0 Å². The Morgan fingerprint density at radius 3 is 2.82 bits per heavy atom. The lowest BCUT2D eigenvalue weighted by molar-refractivity contribution is -0.121. The van der Waals surface area contributed by atoms with Crippen molar-refractivity contribution in [2.24, 2.45) is 0 Å². The summed E-state index contributed by atoms with van der Waals surface area (Å²) in [7, 11) is 1.62. The number of benzene rings is 1. The molecule has 1 atom stereocenters. The molecule has 0 saturated heterocycles. The van der Waals surface area contributed by atoms with Crippen LogP contribution < -0.4 is 10.1 Å². The van der Waals surface area contributed by atoms with E-state index in [1.807, 2.05) is 41.9 Å². The molecule has 1 aromatic carbocycles. The Balaban J connectivity index is 1.93. The van der Waals surface area contributed by atoms with Crippen LogP contribution in [0.1, 0.15) is 23.6 Å². The van der Waals surface area contributed by atoms with Crippen molar-refractivity contribution in [3.8, 4) is 5.75 Å². The number of amides is 1. The molecule has 0 bridgehead atoms. The summed E-state index contributed by atoms with van der Waals surface area (Å²) < 4.78 is 5.26. The highest BCUT2D eigenvalue weighted by molar-refractivity contribution is 7.08. The molecule has 0 aliphatic rings. The smallest absolute Gasteiger partial charge is 0.224 e. The van der Waals surface area contributed by atoms with Gasteiger partial charge in [0.1, 0.15) is 11.4 Å². The van der Waals surface area contributed by atoms with E-state index in [2.05, 4.69) is 5.32 Å². The maximum Gasteiger partial charge on any atom is 0.224 e. The number of nitrogens with one attached hydrogen (secondary N) is 1. The summed E-state index contributed by atoms with van der Waals surface area (Å²) in [5, 5.41) is 17.0. The van der Waals surface area contributed by atoms with Crippen LogP contribution in [0.15, 0.2) is 35.0 Å². The summed E-state index contributed by atoms with van der Waals surface area (Å²) in [5.74, 6) is 0.650. The van der Waals surface area contributed by atoms with Crippen molar-refractivity contribution in [1.82, 2.24) is 5.32 Å². The molecule has 22 heavy (non-hydrogen) atoms.